The number of nitrogens with zero attached hydrogens (tertiary/aromatic N) is 4. The Balaban J connectivity index is 1.51. The van der Waals surface area contributed by atoms with E-state index >= 15 is 0 Å². The number of pyridine rings is 1. The number of hydrogen-bond acceptors (Lipinski definition) is 5. The summed E-state index contributed by atoms with van der Waals surface area (Å²) in [6, 6.07) is 25.0. The molecule has 1 aliphatic rings. The molecule has 0 radical (unpaired) electrons. The van der Waals surface area contributed by atoms with Gasteiger partial charge in [0, 0.05) is 18.1 Å². The van der Waals surface area contributed by atoms with E-state index in [9.17, 15) is 5.11 Å². The van der Waals surface area contributed by atoms with E-state index < -0.39 is 0 Å². The summed E-state index contributed by atoms with van der Waals surface area (Å²) in [6.07, 6.45) is 3.84. The number of nitrogens with one attached hydrogen (secondary N) is 1. The van der Waals surface area contributed by atoms with Crippen LogP contribution in [0.3, 0.4) is 0 Å². The molecule has 2 aromatic carbocycles. The molecule has 2 atom stereocenters. The van der Waals surface area contributed by atoms with Gasteiger partial charge in [-0.1, -0.05) is 29.5 Å². The smallest absolute Gasteiger partial charge is 0.194 e. The van der Waals surface area contributed by atoms with Crippen LogP contribution in [0.4, 0.5) is 5.69 Å². The highest BCUT2D eigenvalue weighted by molar-refractivity contribution is 7.80. The van der Waals surface area contributed by atoms with Gasteiger partial charge in [0.25, 0.3) is 0 Å². The van der Waals surface area contributed by atoms with E-state index in [-0.39, 0.29) is 17.8 Å². The van der Waals surface area contributed by atoms with Gasteiger partial charge in [-0.05, 0) is 72.9 Å². The number of anilines is 1. The summed E-state index contributed by atoms with van der Waals surface area (Å²) in [5.74, 6) is 0.215. The Kier molecular flexibility index (Phi) is 4.82. The number of aromatic nitrogens is 3. The van der Waals surface area contributed by atoms with E-state index in [1.165, 1.54) is 0 Å². The van der Waals surface area contributed by atoms with Gasteiger partial charge >= 0.3 is 0 Å². The van der Waals surface area contributed by atoms with Gasteiger partial charge in [0.05, 0.1) is 27.6 Å². The maximum atomic E-state index is 9.82. The van der Waals surface area contributed by atoms with E-state index in [0.29, 0.717) is 5.11 Å². The molecule has 1 aliphatic heterocycles. The molecule has 1 saturated heterocycles. The summed E-state index contributed by atoms with van der Waals surface area (Å²) >= 11 is 7.45. The number of phenols is 1. The number of thiocarbonyl (C=S) groups is 1. The first-order valence-electron chi connectivity index (χ1n) is 10.5. The molecule has 5 aromatic rings. The van der Waals surface area contributed by atoms with Crippen molar-refractivity contribution in [2.24, 2.45) is 0 Å². The second kappa shape index (κ2) is 7.99. The van der Waals surface area contributed by atoms with Crippen LogP contribution in [0.15, 0.2) is 91.3 Å². The first kappa shape index (κ1) is 19.9. The molecule has 4 heterocycles. The number of phenolic OH excluding ortho intramolecular Hbond substituents is 1. The number of benzene rings is 2. The molecule has 33 heavy (non-hydrogen) atoms. The van der Waals surface area contributed by atoms with Crippen LogP contribution in [0.25, 0.3) is 15.3 Å². The number of fused-ring (bicyclic) bond motifs is 1. The topological polar surface area (TPSA) is 66.2 Å². The van der Waals surface area contributed by atoms with Crippen LogP contribution < -0.4 is 10.2 Å². The summed E-state index contributed by atoms with van der Waals surface area (Å²) in [7, 11) is 0. The largest absolute Gasteiger partial charge is 0.508 e. The van der Waals surface area contributed by atoms with Crippen molar-refractivity contribution in [1.82, 2.24) is 19.9 Å². The molecule has 6 nitrogen and oxygen atoms in total. The second-order valence-corrected chi connectivity index (χ2v) is 9.18. The lowest BCUT2D eigenvalue weighted by molar-refractivity contribution is 0.475. The minimum atomic E-state index is -0.168. The van der Waals surface area contributed by atoms with Gasteiger partial charge in [-0.15, -0.1) is 0 Å². The average molecular weight is 470 g/mol. The van der Waals surface area contributed by atoms with Crippen molar-refractivity contribution in [1.29, 1.82) is 0 Å². The monoisotopic (exact) mass is 469 g/mol. The van der Waals surface area contributed by atoms with Gasteiger partial charge in [-0.25, -0.2) is 4.98 Å². The molecule has 0 bridgehead atoms. The molecular weight excluding hydrogens is 450 g/mol. The molecule has 162 valence electrons. The van der Waals surface area contributed by atoms with Crippen LogP contribution in [0.1, 0.15) is 23.5 Å². The molecule has 8 heteroatoms. The number of rotatable bonds is 4. The standard InChI is InChI=1S/C25H19N5OS2/c31-17-12-10-16(11-13-17)30-23(22(28-24(30)32)19-7-3-4-14-26-19)20-8-5-15-29(20)25-27-18-6-1-2-9-21(18)33-25/h1-15,22-23,31H,(H,28,32)/t22-,23+/m0/s1. The third-order valence-corrected chi connectivity index (χ3v) is 7.15. The van der Waals surface area contributed by atoms with Gasteiger partial charge in [0.2, 0.25) is 0 Å². The Hall–Kier alpha value is -3.75. The first-order valence-corrected chi connectivity index (χ1v) is 11.7. The molecule has 0 unspecified atom stereocenters. The van der Waals surface area contributed by atoms with Gasteiger partial charge in [0.1, 0.15) is 11.8 Å². The van der Waals surface area contributed by atoms with Crippen molar-refractivity contribution in [3.8, 4) is 10.9 Å². The predicted octanol–water partition coefficient (Wildman–Crippen LogP) is 5.36. The molecule has 0 aliphatic carbocycles. The second-order valence-electron chi connectivity index (χ2n) is 7.78. The van der Waals surface area contributed by atoms with Gasteiger partial charge in [0.15, 0.2) is 10.2 Å². The highest BCUT2D eigenvalue weighted by Gasteiger charge is 2.42. The molecule has 6 rings (SSSR count). The van der Waals surface area contributed by atoms with E-state index in [4.69, 9.17) is 17.2 Å². The summed E-state index contributed by atoms with van der Waals surface area (Å²) in [5, 5.41) is 14.8. The Morgan fingerprint density at radius 2 is 1.76 bits per heavy atom. The maximum absolute atomic E-state index is 9.82. The third-order valence-electron chi connectivity index (χ3n) is 5.80. The summed E-state index contributed by atoms with van der Waals surface area (Å²) in [4.78, 5) is 11.6. The zero-order valence-electron chi connectivity index (χ0n) is 17.4. The van der Waals surface area contributed by atoms with Crippen LogP contribution in [0.5, 0.6) is 5.75 Å². The van der Waals surface area contributed by atoms with Crippen molar-refractivity contribution in [2.75, 3.05) is 4.90 Å². The molecule has 0 saturated carbocycles. The van der Waals surface area contributed by atoms with Gasteiger partial charge in [-0.3, -0.25) is 9.55 Å². The van der Waals surface area contributed by atoms with Crippen molar-refractivity contribution >= 4 is 44.6 Å². The third kappa shape index (κ3) is 3.44. The minimum Gasteiger partial charge on any atom is -0.508 e. The fourth-order valence-electron chi connectivity index (χ4n) is 4.32. The average Bonchev–Trinajstić information content (AvgIpc) is 3.56. The van der Waals surface area contributed by atoms with Gasteiger partial charge in [-0.2, -0.15) is 0 Å². The van der Waals surface area contributed by atoms with Gasteiger partial charge < -0.3 is 15.3 Å². The first-order chi connectivity index (χ1) is 16.2. The number of aromatic hydroxyl groups is 1. The molecule has 0 amide bonds. The highest BCUT2D eigenvalue weighted by Crippen LogP contribution is 2.43. The maximum Gasteiger partial charge on any atom is 0.194 e. The van der Waals surface area contributed by atoms with Crippen molar-refractivity contribution < 1.29 is 5.11 Å². The molecule has 1 fully saturated rings. The van der Waals surface area contributed by atoms with Crippen LogP contribution in [-0.2, 0) is 0 Å². The van der Waals surface area contributed by atoms with E-state index in [1.807, 2.05) is 60.8 Å². The summed E-state index contributed by atoms with van der Waals surface area (Å²) in [5.41, 5.74) is 3.83. The summed E-state index contributed by atoms with van der Waals surface area (Å²) < 4.78 is 3.28. The van der Waals surface area contributed by atoms with Crippen LogP contribution in [-0.4, -0.2) is 24.8 Å². The number of para-hydroxylation sites is 1. The zero-order chi connectivity index (χ0) is 22.4. The quantitative estimate of drug-likeness (QED) is 0.345. The fourth-order valence-corrected chi connectivity index (χ4v) is 5.64. The van der Waals surface area contributed by atoms with Crippen molar-refractivity contribution in [3.05, 3.63) is 103 Å². The lowest BCUT2D eigenvalue weighted by Gasteiger charge is -2.28. The Labute approximate surface area is 199 Å². The SMILES string of the molecule is Oc1ccc(N2C(=S)N[C@@H](c3ccccn3)[C@H]2c2cccn2-c2nc3ccccc3s2)cc1. The molecular formula is C25H19N5OS2. The van der Waals surface area contributed by atoms with E-state index in [2.05, 4.69) is 31.9 Å². The van der Waals surface area contributed by atoms with Crippen LogP contribution in [0, 0.1) is 0 Å². The predicted molar refractivity (Wildman–Crippen MR) is 135 cm³/mol. The molecule has 0 spiro atoms. The van der Waals surface area contributed by atoms with Crippen LogP contribution >= 0.6 is 23.6 Å². The zero-order valence-corrected chi connectivity index (χ0v) is 19.0. The Morgan fingerprint density at radius 3 is 2.55 bits per heavy atom. The fraction of sp³-hybridized carbons (Fsp3) is 0.0800. The number of thiazole rings is 1. The summed E-state index contributed by atoms with van der Waals surface area (Å²) in [6.45, 7) is 0. The minimum absolute atomic E-state index is 0.157. The lowest BCUT2D eigenvalue weighted by atomic mass is 10.0. The number of hydrogen-bond donors (Lipinski definition) is 2. The van der Waals surface area contributed by atoms with Crippen molar-refractivity contribution in [3.63, 3.8) is 0 Å². The van der Waals surface area contributed by atoms with E-state index in [0.717, 1.165) is 32.4 Å². The molecule has 3 aromatic heterocycles. The molecule has 2 N–H and O–H groups in total. The van der Waals surface area contributed by atoms with Crippen molar-refractivity contribution in [2.45, 2.75) is 12.1 Å². The Bertz CT molecular complexity index is 1410. The Morgan fingerprint density at radius 1 is 0.939 bits per heavy atom. The van der Waals surface area contributed by atoms with E-state index in [1.54, 1.807) is 29.7 Å². The lowest BCUT2D eigenvalue weighted by Crippen LogP contribution is -2.30. The highest BCUT2D eigenvalue weighted by atomic mass is 32.1. The normalized spacial score (nSPS) is 18.1. The van der Waals surface area contributed by atoms with Crippen LogP contribution in [0.2, 0.25) is 0 Å².